The van der Waals surface area contributed by atoms with Crippen molar-refractivity contribution in [3.63, 3.8) is 0 Å². The maximum atomic E-state index is 12.6. The molecule has 2 aromatic rings. The molecule has 0 aliphatic rings. The molecule has 0 spiro atoms. The highest BCUT2D eigenvalue weighted by molar-refractivity contribution is 9.10. The van der Waals surface area contributed by atoms with Crippen LogP contribution in [0.3, 0.4) is 0 Å². The number of nitrogens with one attached hydrogen (secondary N) is 1. The molecule has 0 amide bonds. The molecule has 1 aromatic carbocycles. The van der Waals surface area contributed by atoms with E-state index in [1.54, 1.807) is 6.07 Å². The van der Waals surface area contributed by atoms with E-state index < -0.39 is 6.43 Å². The van der Waals surface area contributed by atoms with Crippen molar-refractivity contribution < 1.29 is 8.78 Å². The zero-order chi connectivity index (χ0) is 10.3. The van der Waals surface area contributed by atoms with Gasteiger partial charge in [-0.2, -0.15) is 0 Å². The van der Waals surface area contributed by atoms with Crippen LogP contribution in [0.15, 0.2) is 16.6 Å². The van der Waals surface area contributed by atoms with E-state index in [0.29, 0.717) is 9.99 Å². The van der Waals surface area contributed by atoms with Crippen molar-refractivity contribution in [2.75, 3.05) is 0 Å². The first kappa shape index (κ1) is 9.86. The number of hydrogen-bond acceptors (Lipinski definition) is 1. The fourth-order valence-corrected chi connectivity index (χ4v) is 1.91. The van der Waals surface area contributed by atoms with Crippen molar-refractivity contribution in [2.24, 2.45) is 0 Å². The molecule has 0 aliphatic carbocycles. The van der Waals surface area contributed by atoms with Gasteiger partial charge in [0.1, 0.15) is 0 Å². The molecule has 1 heterocycles. The predicted molar refractivity (Wildman–Crippen MR) is 53.8 cm³/mol. The maximum Gasteiger partial charge on any atom is 0.266 e. The Bertz CT molecular complexity index is 483. The fourth-order valence-electron chi connectivity index (χ4n) is 1.24. The van der Waals surface area contributed by atoms with Gasteiger partial charge >= 0.3 is 0 Å². The number of rotatable bonds is 1. The first-order valence-electron chi connectivity index (χ1n) is 3.70. The van der Waals surface area contributed by atoms with Gasteiger partial charge < -0.3 is 4.98 Å². The van der Waals surface area contributed by atoms with E-state index in [9.17, 15) is 8.78 Å². The van der Waals surface area contributed by atoms with Gasteiger partial charge in [-0.1, -0.05) is 15.9 Å². The molecule has 0 aliphatic heterocycles. The highest BCUT2D eigenvalue weighted by Crippen LogP contribution is 2.30. The number of aromatic amines is 1. The van der Waals surface area contributed by atoms with Crippen LogP contribution in [0, 0.1) is 0 Å². The molecule has 0 saturated heterocycles. The molecule has 1 aromatic heterocycles. The summed E-state index contributed by atoms with van der Waals surface area (Å²) in [6, 6.07) is 2.99. The highest BCUT2D eigenvalue weighted by atomic mass is 79.9. The van der Waals surface area contributed by atoms with Crippen LogP contribution in [0.5, 0.6) is 0 Å². The van der Waals surface area contributed by atoms with Crippen molar-refractivity contribution in [3.05, 3.63) is 27.5 Å². The number of alkyl halides is 2. The van der Waals surface area contributed by atoms with E-state index in [4.69, 9.17) is 11.6 Å². The van der Waals surface area contributed by atoms with Crippen LogP contribution < -0.4 is 0 Å². The lowest BCUT2D eigenvalue weighted by Gasteiger charge is -2.00. The summed E-state index contributed by atoms with van der Waals surface area (Å²) in [5, 5.41) is 0.111. The van der Waals surface area contributed by atoms with Crippen molar-refractivity contribution >= 4 is 38.6 Å². The Labute approximate surface area is 91.4 Å². The van der Waals surface area contributed by atoms with Crippen LogP contribution in [-0.4, -0.2) is 9.97 Å². The molecule has 0 fully saturated rings. The number of aromatic nitrogens is 2. The molecule has 74 valence electrons. The second-order valence-electron chi connectivity index (χ2n) is 2.72. The Hall–Kier alpha value is -0.680. The monoisotopic (exact) mass is 280 g/mol. The fraction of sp³-hybridized carbons (Fsp3) is 0.125. The van der Waals surface area contributed by atoms with E-state index in [0.717, 1.165) is 0 Å². The lowest BCUT2D eigenvalue weighted by atomic mass is 10.2. The number of halogens is 4. The molecular formula is C8H4BrClF2N2. The number of nitrogens with zero attached hydrogens (tertiary/aromatic N) is 1. The second kappa shape index (κ2) is 3.47. The third-order valence-electron chi connectivity index (χ3n) is 1.79. The van der Waals surface area contributed by atoms with Gasteiger partial charge in [-0.3, -0.25) is 0 Å². The summed E-state index contributed by atoms with van der Waals surface area (Å²) in [6.07, 6.45) is -2.56. The number of imidazole rings is 1. The van der Waals surface area contributed by atoms with Crippen LogP contribution in [0.2, 0.25) is 5.28 Å². The van der Waals surface area contributed by atoms with Gasteiger partial charge in [0.2, 0.25) is 5.28 Å². The molecule has 2 nitrogen and oxygen atoms in total. The third kappa shape index (κ3) is 1.62. The summed E-state index contributed by atoms with van der Waals surface area (Å²) in [7, 11) is 0. The number of benzene rings is 1. The first-order chi connectivity index (χ1) is 6.58. The minimum Gasteiger partial charge on any atom is -0.329 e. The minimum atomic E-state index is -2.56. The Balaban J connectivity index is 2.79. The number of H-pyrrole nitrogens is 1. The van der Waals surface area contributed by atoms with E-state index in [1.807, 2.05) is 0 Å². The van der Waals surface area contributed by atoms with Gasteiger partial charge in [-0.25, -0.2) is 13.8 Å². The summed E-state index contributed by atoms with van der Waals surface area (Å²) >= 11 is 8.72. The molecule has 6 heteroatoms. The first-order valence-corrected chi connectivity index (χ1v) is 4.88. The standard InChI is InChI=1S/C8H4BrClF2N2/c9-3-1-4(7(11)12)6-5(2-3)13-8(10)14-6/h1-2,7H,(H,13,14). The van der Waals surface area contributed by atoms with Gasteiger partial charge in [0.15, 0.2) is 0 Å². The van der Waals surface area contributed by atoms with E-state index >= 15 is 0 Å². The topological polar surface area (TPSA) is 28.7 Å². The zero-order valence-electron chi connectivity index (χ0n) is 6.69. The largest absolute Gasteiger partial charge is 0.329 e. The van der Waals surface area contributed by atoms with Crippen molar-refractivity contribution in [3.8, 4) is 0 Å². The normalized spacial score (nSPS) is 11.5. The molecule has 1 N–H and O–H groups in total. The van der Waals surface area contributed by atoms with Crippen LogP contribution in [0.25, 0.3) is 11.0 Å². The van der Waals surface area contributed by atoms with Gasteiger partial charge in [-0.05, 0) is 23.7 Å². The molecule has 0 atom stereocenters. The SMILES string of the molecule is FC(F)c1cc(Br)cc2[nH]c(Cl)nc12. The predicted octanol–water partition coefficient (Wildman–Crippen LogP) is 3.92. The summed E-state index contributed by atoms with van der Waals surface area (Å²) in [5.74, 6) is 0. The molecule has 0 saturated carbocycles. The maximum absolute atomic E-state index is 12.6. The van der Waals surface area contributed by atoms with Gasteiger partial charge in [-0.15, -0.1) is 0 Å². The second-order valence-corrected chi connectivity index (χ2v) is 3.99. The molecule has 2 rings (SSSR count). The van der Waals surface area contributed by atoms with Gasteiger partial charge in [0.25, 0.3) is 6.43 Å². The number of hydrogen-bond donors (Lipinski definition) is 1. The summed E-state index contributed by atoms with van der Waals surface area (Å²) in [5.41, 5.74) is 0.588. The Kier molecular flexibility index (Phi) is 2.45. The average molecular weight is 281 g/mol. The van der Waals surface area contributed by atoms with Crippen LogP contribution in [0.1, 0.15) is 12.0 Å². The minimum absolute atomic E-state index is 0.111. The Morgan fingerprint density at radius 3 is 2.79 bits per heavy atom. The van der Waals surface area contributed by atoms with Crippen LogP contribution >= 0.6 is 27.5 Å². The quantitative estimate of drug-likeness (QED) is 0.843. The summed E-state index contributed by atoms with van der Waals surface area (Å²) < 4.78 is 25.7. The average Bonchev–Trinajstić information content (AvgIpc) is 2.42. The van der Waals surface area contributed by atoms with Crippen molar-refractivity contribution in [1.82, 2.24) is 9.97 Å². The Morgan fingerprint density at radius 2 is 2.14 bits per heavy atom. The smallest absolute Gasteiger partial charge is 0.266 e. The van der Waals surface area contributed by atoms with Gasteiger partial charge in [0.05, 0.1) is 11.0 Å². The highest BCUT2D eigenvalue weighted by Gasteiger charge is 2.15. The van der Waals surface area contributed by atoms with Crippen LogP contribution in [0.4, 0.5) is 8.78 Å². The molecular weight excluding hydrogens is 277 g/mol. The van der Waals surface area contributed by atoms with Crippen molar-refractivity contribution in [1.29, 1.82) is 0 Å². The molecule has 0 radical (unpaired) electrons. The van der Waals surface area contributed by atoms with Gasteiger partial charge in [0, 0.05) is 10.0 Å². The molecule has 0 unspecified atom stereocenters. The Morgan fingerprint density at radius 1 is 1.43 bits per heavy atom. The van der Waals surface area contributed by atoms with Crippen LogP contribution in [-0.2, 0) is 0 Å². The summed E-state index contributed by atoms with van der Waals surface area (Å²) in [4.78, 5) is 6.47. The molecule has 14 heavy (non-hydrogen) atoms. The van der Waals surface area contributed by atoms with Crippen molar-refractivity contribution in [2.45, 2.75) is 6.43 Å². The van der Waals surface area contributed by atoms with E-state index in [-0.39, 0.29) is 16.4 Å². The molecule has 0 bridgehead atoms. The summed E-state index contributed by atoms with van der Waals surface area (Å²) in [6.45, 7) is 0. The lowest BCUT2D eigenvalue weighted by Crippen LogP contribution is -1.86. The van der Waals surface area contributed by atoms with E-state index in [2.05, 4.69) is 25.9 Å². The van der Waals surface area contributed by atoms with E-state index in [1.165, 1.54) is 6.07 Å². The zero-order valence-corrected chi connectivity index (χ0v) is 9.03. The third-order valence-corrected chi connectivity index (χ3v) is 2.42. The number of fused-ring (bicyclic) bond motifs is 1. The lowest BCUT2D eigenvalue weighted by molar-refractivity contribution is 0.153.